The normalized spacial score (nSPS) is 13.8. The predicted molar refractivity (Wildman–Crippen MR) is 102 cm³/mol. The summed E-state index contributed by atoms with van der Waals surface area (Å²) in [6.07, 6.45) is -0.0430. The first-order chi connectivity index (χ1) is 10.4. The molecule has 1 heterocycles. The van der Waals surface area contributed by atoms with Gasteiger partial charge in [0.1, 0.15) is 16.7 Å². The molecule has 0 saturated carbocycles. The van der Waals surface area contributed by atoms with E-state index >= 15 is 0 Å². The molecule has 24 heavy (non-hydrogen) atoms. The van der Waals surface area contributed by atoms with E-state index in [0.717, 1.165) is 16.3 Å². The quantitative estimate of drug-likeness (QED) is 0.792. The molecule has 0 saturated heterocycles. The minimum absolute atomic E-state index is 0. The van der Waals surface area contributed by atoms with Crippen LogP contribution in [0.4, 0.5) is 0 Å². The highest BCUT2D eigenvalue weighted by Gasteiger charge is 2.30. The molecule has 0 aliphatic heterocycles. The maximum absolute atomic E-state index is 12.4. The van der Waals surface area contributed by atoms with E-state index in [4.69, 9.17) is 10.5 Å². The van der Waals surface area contributed by atoms with Gasteiger partial charge in [-0.25, -0.2) is 4.98 Å². The SMILES string of the molecule is COC(C)c1nc(CNC(=O)C(C)(N)c2ccccc2)cs1.Cl.Cl. The first-order valence-corrected chi connectivity index (χ1v) is 7.93. The second-order valence-corrected chi connectivity index (χ2v) is 6.20. The van der Waals surface area contributed by atoms with Crippen LogP contribution in [-0.4, -0.2) is 18.0 Å². The van der Waals surface area contributed by atoms with Crippen LogP contribution in [0, 0.1) is 0 Å². The smallest absolute Gasteiger partial charge is 0.244 e. The number of methoxy groups -OCH3 is 1. The second kappa shape index (κ2) is 9.96. The summed E-state index contributed by atoms with van der Waals surface area (Å²) in [6, 6.07) is 9.33. The Kier molecular flexibility index (Phi) is 9.47. The van der Waals surface area contributed by atoms with Gasteiger partial charge in [0.25, 0.3) is 0 Å². The minimum atomic E-state index is -1.07. The molecule has 0 spiro atoms. The maximum Gasteiger partial charge on any atom is 0.244 e. The van der Waals surface area contributed by atoms with Crippen LogP contribution in [0.2, 0.25) is 0 Å². The monoisotopic (exact) mass is 391 g/mol. The van der Waals surface area contributed by atoms with Crippen molar-refractivity contribution in [1.82, 2.24) is 10.3 Å². The maximum atomic E-state index is 12.4. The lowest BCUT2D eigenvalue weighted by Gasteiger charge is -2.23. The van der Waals surface area contributed by atoms with E-state index in [1.807, 2.05) is 42.6 Å². The number of rotatable bonds is 6. The number of carbonyl (C=O) groups excluding carboxylic acids is 1. The van der Waals surface area contributed by atoms with Crippen LogP contribution in [0.15, 0.2) is 35.7 Å². The Morgan fingerprint density at radius 2 is 2.00 bits per heavy atom. The Bertz CT molecular complexity index is 635. The summed E-state index contributed by atoms with van der Waals surface area (Å²) in [4.78, 5) is 16.8. The molecule has 1 amide bonds. The molecule has 3 N–H and O–H groups in total. The first kappa shape index (κ1) is 22.8. The van der Waals surface area contributed by atoms with E-state index < -0.39 is 5.54 Å². The molecule has 0 fully saturated rings. The Balaban J connectivity index is 0.00000264. The third-order valence-electron chi connectivity index (χ3n) is 3.55. The van der Waals surface area contributed by atoms with Crippen molar-refractivity contribution in [2.75, 3.05) is 7.11 Å². The third-order valence-corrected chi connectivity index (χ3v) is 4.60. The van der Waals surface area contributed by atoms with Crippen molar-refractivity contribution in [2.24, 2.45) is 5.73 Å². The van der Waals surface area contributed by atoms with Gasteiger partial charge in [-0.05, 0) is 19.4 Å². The van der Waals surface area contributed by atoms with E-state index in [-0.39, 0.29) is 36.8 Å². The molecular weight excluding hydrogens is 369 g/mol. The molecule has 0 aliphatic rings. The fraction of sp³-hybridized carbons (Fsp3) is 0.375. The average Bonchev–Trinajstić information content (AvgIpc) is 3.01. The van der Waals surface area contributed by atoms with Gasteiger partial charge in [-0.2, -0.15) is 0 Å². The number of nitrogens with two attached hydrogens (primary N) is 1. The van der Waals surface area contributed by atoms with Gasteiger partial charge in [-0.1, -0.05) is 30.3 Å². The molecule has 5 nitrogen and oxygen atoms in total. The van der Waals surface area contributed by atoms with Crippen molar-refractivity contribution in [3.8, 4) is 0 Å². The molecule has 134 valence electrons. The largest absolute Gasteiger partial charge is 0.375 e. The number of carbonyl (C=O) groups is 1. The number of benzene rings is 1. The van der Waals surface area contributed by atoms with Crippen molar-refractivity contribution in [2.45, 2.75) is 32.0 Å². The van der Waals surface area contributed by atoms with Crippen LogP contribution < -0.4 is 11.1 Å². The van der Waals surface area contributed by atoms with E-state index in [1.165, 1.54) is 11.3 Å². The number of ether oxygens (including phenoxy) is 1. The van der Waals surface area contributed by atoms with Crippen molar-refractivity contribution in [3.05, 3.63) is 52.0 Å². The molecule has 2 aromatic rings. The summed E-state index contributed by atoms with van der Waals surface area (Å²) < 4.78 is 5.23. The number of nitrogens with zero attached hydrogens (tertiary/aromatic N) is 1. The van der Waals surface area contributed by atoms with Crippen molar-refractivity contribution in [3.63, 3.8) is 0 Å². The molecule has 1 aromatic heterocycles. The lowest BCUT2D eigenvalue weighted by molar-refractivity contribution is -0.126. The summed E-state index contributed by atoms with van der Waals surface area (Å²) >= 11 is 1.52. The van der Waals surface area contributed by atoms with Gasteiger partial charge in [0, 0.05) is 12.5 Å². The Morgan fingerprint density at radius 3 is 2.58 bits per heavy atom. The molecule has 2 atom stereocenters. The van der Waals surface area contributed by atoms with Crippen LogP contribution in [0.5, 0.6) is 0 Å². The number of amides is 1. The fourth-order valence-electron chi connectivity index (χ4n) is 1.96. The van der Waals surface area contributed by atoms with Crippen molar-refractivity contribution < 1.29 is 9.53 Å². The van der Waals surface area contributed by atoms with Gasteiger partial charge in [0.2, 0.25) is 5.91 Å². The third kappa shape index (κ3) is 5.43. The van der Waals surface area contributed by atoms with Crippen LogP contribution in [0.3, 0.4) is 0 Å². The summed E-state index contributed by atoms with van der Waals surface area (Å²) in [6.45, 7) is 4.00. The van der Waals surface area contributed by atoms with Gasteiger partial charge < -0.3 is 15.8 Å². The van der Waals surface area contributed by atoms with Crippen molar-refractivity contribution >= 4 is 42.1 Å². The molecule has 2 rings (SSSR count). The molecule has 0 bridgehead atoms. The minimum Gasteiger partial charge on any atom is -0.375 e. The Hall–Kier alpha value is -1.18. The lowest BCUT2D eigenvalue weighted by Crippen LogP contribution is -2.48. The first-order valence-electron chi connectivity index (χ1n) is 7.05. The summed E-state index contributed by atoms with van der Waals surface area (Å²) in [7, 11) is 1.65. The highest BCUT2D eigenvalue weighted by molar-refractivity contribution is 7.09. The van der Waals surface area contributed by atoms with E-state index in [0.29, 0.717) is 6.54 Å². The second-order valence-electron chi connectivity index (χ2n) is 5.31. The summed E-state index contributed by atoms with van der Waals surface area (Å²) in [5, 5.41) is 5.66. The van der Waals surface area contributed by atoms with Gasteiger partial charge in [0.15, 0.2) is 0 Å². The summed E-state index contributed by atoms with van der Waals surface area (Å²) in [5.41, 5.74) is 6.69. The zero-order chi connectivity index (χ0) is 16.2. The molecule has 8 heteroatoms. The number of hydrogen-bond acceptors (Lipinski definition) is 5. The van der Waals surface area contributed by atoms with Crippen LogP contribution in [-0.2, 0) is 21.6 Å². The molecular formula is C16H23Cl2N3O2S. The molecule has 0 aliphatic carbocycles. The fourth-order valence-corrected chi connectivity index (χ4v) is 2.81. The summed E-state index contributed by atoms with van der Waals surface area (Å²) in [5.74, 6) is -0.229. The van der Waals surface area contributed by atoms with Crippen molar-refractivity contribution in [1.29, 1.82) is 0 Å². The predicted octanol–water partition coefficient (Wildman–Crippen LogP) is 3.18. The standard InChI is InChI=1S/C16H21N3O2S.2ClH/c1-11(21-3)14-19-13(10-22-14)9-18-15(20)16(2,17)12-7-5-4-6-8-12;;/h4-8,10-11H,9,17H2,1-3H3,(H,18,20);2*1H. The Labute approximate surface area is 158 Å². The molecule has 1 aromatic carbocycles. The highest BCUT2D eigenvalue weighted by Crippen LogP contribution is 2.21. The van der Waals surface area contributed by atoms with Crippen LogP contribution in [0.1, 0.15) is 36.2 Å². The number of thiazole rings is 1. The number of halogens is 2. The molecule has 0 radical (unpaired) electrons. The van der Waals surface area contributed by atoms with Gasteiger partial charge in [-0.3, -0.25) is 4.79 Å². The topological polar surface area (TPSA) is 77.2 Å². The van der Waals surface area contributed by atoms with Crippen LogP contribution >= 0.6 is 36.2 Å². The van der Waals surface area contributed by atoms with E-state index in [2.05, 4.69) is 10.3 Å². The number of nitrogens with one attached hydrogen (secondary N) is 1. The number of hydrogen-bond donors (Lipinski definition) is 2. The highest BCUT2D eigenvalue weighted by atomic mass is 35.5. The van der Waals surface area contributed by atoms with Crippen LogP contribution in [0.25, 0.3) is 0 Å². The van der Waals surface area contributed by atoms with Gasteiger partial charge in [-0.15, -0.1) is 36.2 Å². The van der Waals surface area contributed by atoms with Gasteiger partial charge in [0.05, 0.1) is 12.2 Å². The lowest BCUT2D eigenvalue weighted by atomic mass is 9.92. The average molecular weight is 392 g/mol. The Morgan fingerprint density at radius 1 is 1.38 bits per heavy atom. The molecule has 2 unspecified atom stereocenters. The van der Waals surface area contributed by atoms with E-state index in [1.54, 1.807) is 14.0 Å². The number of aromatic nitrogens is 1. The van der Waals surface area contributed by atoms with E-state index in [9.17, 15) is 4.79 Å². The zero-order valence-corrected chi connectivity index (χ0v) is 16.3. The zero-order valence-electron chi connectivity index (χ0n) is 13.8. The van der Waals surface area contributed by atoms with Gasteiger partial charge >= 0.3 is 0 Å².